The molecule has 1 aromatic rings. The van der Waals surface area contributed by atoms with Crippen LogP contribution in [0.1, 0.15) is 25.5 Å². The largest absolute Gasteiger partial charge is 0.496 e. The molecule has 1 aromatic carbocycles. The number of morpholine rings is 1. The van der Waals surface area contributed by atoms with E-state index < -0.39 is 0 Å². The third-order valence-corrected chi connectivity index (χ3v) is 3.85. The smallest absolute Gasteiger partial charge is 0.123 e. The van der Waals surface area contributed by atoms with Gasteiger partial charge >= 0.3 is 0 Å². The summed E-state index contributed by atoms with van der Waals surface area (Å²) >= 11 is 0. The van der Waals surface area contributed by atoms with E-state index in [1.54, 1.807) is 7.11 Å². The van der Waals surface area contributed by atoms with Crippen LogP contribution in [0.15, 0.2) is 24.3 Å². The van der Waals surface area contributed by atoms with Gasteiger partial charge in [0.25, 0.3) is 0 Å². The molecule has 2 rings (SSSR count). The Labute approximate surface area is 115 Å². The predicted octanol–water partition coefficient (Wildman–Crippen LogP) is 1.80. The Morgan fingerprint density at radius 2 is 2.11 bits per heavy atom. The summed E-state index contributed by atoms with van der Waals surface area (Å²) in [6.45, 7) is 6.76. The van der Waals surface area contributed by atoms with Crippen LogP contribution < -0.4 is 10.5 Å². The first-order valence-electron chi connectivity index (χ1n) is 6.87. The second kappa shape index (κ2) is 6.37. The van der Waals surface area contributed by atoms with Crippen LogP contribution in [0.25, 0.3) is 0 Å². The molecule has 3 unspecified atom stereocenters. The van der Waals surface area contributed by atoms with Crippen molar-refractivity contribution in [2.75, 3.05) is 26.8 Å². The van der Waals surface area contributed by atoms with Crippen LogP contribution in [0.3, 0.4) is 0 Å². The van der Waals surface area contributed by atoms with Gasteiger partial charge in [0, 0.05) is 30.7 Å². The van der Waals surface area contributed by atoms with Crippen LogP contribution in [-0.4, -0.2) is 43.9 Å². The molecule has 0 spiro atoms. The number of nitrogens with zero attached hydrogens (tertiary/aromatic N) is 1. The van der Waals surface area contributed by atoms with Gasteiger partial charge in [-0.2, -0.15) is 0 Å². The van der Waals surface area contributed by atoms with Gasteiger partial charge in [0.1, 0.15) is 5.75 Å². The second-order valence-electron chi connectivity index (χ2n) is 5.18. The maximum absolute atomic E-state index is 5.95. The first-order chi connectivity index (χ1) is 9.13. The summed E-state index contributed by atoms with van der Waals surface area (Å²) in [4.78, 5) is 2.41. The average Bonchev–Trinajstić information content (AvgIpc) is 2.46. The van der Waals surface area contributed by atoms with Crippen molar-refractivity contribution in [3.05, 3.63) is 29.8 Å². The standard InChI is InChI=1S/C15H24N2O2/c1-11(16)15-10-17(8-9-19-15)12(2)13-6-4-5-7-14(13)18-3/h4-7,11-12,15H,8-10,16H2,1-3H3. The summed E-state index contributed by atoms with van der Waals surface area (Å²) in [5.74, 6) is 0.943. The molecule has 4 nitrogen and oxygen atoms in total. The molecule has 2 N–H and O–H groups in total. The molecule has 0 bridgehead atoms. The number of nitrogens with two attached hydrogens (primary N) is 1. The fraction of sp³-hybridized carbons (Fsp3) is 0.600. The Kier molecular flexibility index (Phi) is 4.80. The van der Waals surface area contributed by atoms with E-state index in [0.29, 0.717) is 6.04 Å². The van der Waals surface area contributed by atoms with Crippen molar-refractivity contribution in [2.24, 2.45) is 5.73 Å². The number of para-hydroxylation sites is 1. The zero-order valence-corrected chi connectivity index (χ0v) is 12.0. The topological polar surface area (TPSA) is 47.7 Å². The van der Waals surface area contributed by atoms with E-state index in [9.17, 15) is 0 Å². The van der Waals surface area contributed by atoms with E-state index in [4.69, 9.17) is 15.2 Å². The molecule has 1 aliphatic rings. The lowest BCUT2D eigenvalue weighted by atomic mass is 10.0. The highest BCUT2D eigenvalue weighted by Crippen LogP contribution is 2.30. The van der Waals surface area contributed by atoms with Gasteiger partial charge in [-0.15, -0.1) is 0 Å². The van der Waals surface area contributed by atoms with Crippen LogP contribution in [0.5, 0.6) is 5.75 Å². The van der Waals surface area contributed by atoms with Gasteiger partial charge in [0.05, 0.1) is 19.8 Å². The first kappa shape index (κ1) is 14.3. The summed E-state index contributed by atoms with van der Waals surface area (Å²) in [5, 5.41) is 0. The van der Waals surface area contributed by atoms with Gasteiger partial charge in [-0.1, -0.05) is 18.2 Å². The first-order valence-corrected chi connectivity index (χ1v) is 6.87. The van der Waals surface area contributed by atoms with Crippen molar-refractivity contribution in [1.29, 1.82) is 0 Å². The van der Waals surface area contributed by atoms with Crippen molar-refractivity contribution < 1.29 is 9.47 Å². The molecule has 19 heavy (non-hydrogen) atoms. The highest BCUT2D eigenvalue weighted by Gasteiger charge is 2.27. The molecule has 1 heterocycles. The monoisotopic (exact) mass is 264 g/mol. The zero-order chi connectivity index (χ0) is 13.8. The van der Waals surface area contributed by atoms with Crippen LogP contribution in [-0.2, 0) is 4.74 Å². The summed E-state index contributed by atoms with van der Waals surface area (Å²) in [6.07, 6.45) is 0.117. The molecular weight excluding hydrogens is 240 g/mol. The molecule has 1 fully saturated rings. The molecule has 0 saturated carbocycles. The lowest BCUT2D eigenvalue weighted by Crippen LogP contribution is -2.50. The molecule has 4 heteroatoms. The summed E-state index contributed by atoms with van der Waals surface area (Å²) in [7, 11) is 1.72. The maximum Gasteiger partial charge on any atom is 0.123 e. The number of benzene rings is 1. The fourth-order valence-corrected chi connectivity index (χ4v) is 2.57. The Morgan fingerprint density at radius 3 is 2.79 bits per heavy atom. The normalized spacial score (nSPS) is 23.9. The van der Waals surface area contributed by atoms with E-state index in [0.717, 1.165) is 25.4 Å². The van der Waals surface area contributed by atoms with E-state index in [-0.39, 0.29) is 12.1 Å². The van der Waals surface area contributed by atoms with Crippen molar-refractivity contribution in [2.45, 2.75) is 32.0 Å². The number of hydrogen-bond acceptors (Lipinski definition) is 4. The second-order valence-corrected chi connectivity index (χ2v) is 5.18. The molecule has 106 valence electrons. The lowest BCUT2D eigenvalue weighted by Gasteiger charge is -2.38. The lowest BCUT2D eigenvalue weighted by molar-refractivity contribution is -0.0500. The van der Waals surface area contributed by atoms with Gasteiger partial charge in [-0.3, -0.25) is 4.90 Å². The minimum absolute atomic E-state index is 0.0627. The van der Waals surface area contributed by atoms with Crippen LogP contribution in [0.2, 0.25) is 0 Å². The zero-order valence-electron chi connectivity index (χ0n) is 12.0. The Hall–Kier alpha value is -1.10. The summed E-state index contributed by atoms with van der Waals surface area (Å²) in [6, 6.07) is 8.56. The number of ether oxygens (including phenoxy) is 2. The van der Waals surface area contributed by atoms with E-state index in [1.165, 1.54) is 5.56 Å². The van der Waals surface area contributed by atoms with Gasteiger partial charge < -0.3 is 15.2 Å². The highest BCUT2D eigenvalue weighted by molar-refractivity contribution is 5.35. The summed E-state index contributed by atoms with van der Waals surface area (Å²) < 4.78 is 11.2. The number of rotatable bonds is 4. The Balaban J connectivity index is 2.12. The van der Waals surface area contributed by atoms with E-state index in [1.807, 2.05) is 19.1 Å². The molecule has 3 atom stereocenters. The van der Waals surface area contributed by atoms with Crippen molar-refractivity contribution in [1.82, 2.24) is 4.90 Å². The minimum Gasteiger partial charge on any atom is -0.496 e. The average molecular weight is 264 g/mol. The number of hydrogen-bond donors (Lipinski definition) is 1. The summed E-state index contributed by atoms with van der Waals surface area (Å²) in [5.41, 5.74) is 7.17. The Morgan fingerprint density at radius 1 is 1.37 bits per heavy atom. The maximum atomic E-state index is 5.95. The minimum atomic E-state index is 0.0627. The van der Waals surface area contributed by atoms with Gasteiger partial charge in [-0.05, 0) is 19.9 Å². The molecule has 0 amide bonds. The van der Waals surface area contributed by atoms with Crippen LogP contribution in [0.4, 0.5) is 0 Å². The van der Waals surface area contributed by atoms with Crippen LogP contribution >= 0.6 is 0 Å². The molecule has 0 aliphatic carbocycles. The third kappa shape index (κ3) is 3.26. The number of methoxy groups -OCH3 is 1. The molecule has 1 aliphatic heterocycles. The Bertz CT molecular complexity index is 409. The molecular formula is C15H24N2O2. The predicted molar refractivity (Wildman–Crippen MR) is 76.4 cm³/mol. The van der Waals surface area contributed by atoms with E-state index in [2.05, 4.69) is 24.0 Å². The van der Waals surface area contributed by atoms with E-state index >= 15 is 0 Å². The molecule has 0 radical (unpaired) electrons. The van der Waals surface area contributed by atoms with Gasteiger partial charge in [-0.25, -0.2) is 0 Å². The molecule has 0 aromatic heterocycles. The van der Waals surface area contributed by atoms with Crippen molar-refractivity contribution in [3.63, 3.8) is 0 Å². The highest BCUT2D eigenvalue weighted by atomic mass is 16.5. The van der Waals surface area contributed by atoms with Crippen LogP contribution in [0, 0.1) is 0 Å². The fourth-order valence-electron chi connectivity index (χ4n) is 2.57. The van der Waals surface area contributed by atoms with Crippen molar-refractivity contribution in [3.8, 4) is 5.75 Å². The quantitative estimate of drug-likeness (QED) is 0.901. The third-order valence-electron chi connectivity index (χ3n) is 3.85. The van der Waals surface area contributed by atoms with Gasteiger partial charge in [0.15, 0.2) is 0 Å². The molecule has 1 saturated heterocycles. The van der Waals surface area contributed by atoms with Gasteiger partial charge in [0.2, 0.25) is 0 Å². The SMILES string of the molecule is COc1ccccc1C(C)N1CCOC(C(C)N)C1. The van der Waals surface area contributed by atoms with Crippen molar-refractivity contribution >= 4 is 0 Å².